The van der Waals surface area contributed by atoms with E-state index in [0.717, 1.165) is 48.6 Å². The molecule has 8 heteroatoms. The largest absolute Gasteiger partial charge is 0.494 e. The monoisotopic (exact) mass is 538 g/mol. The molecule has 39 heavy (non-hydrogen) atoms. The summed E-state index contributed by atoms with van der Waals surface area (Å²) in [6.07, 6.45) is 8.89. The fourth-order valence-corrected chi connectivity index (χ4v) is 6.00. The molecule has 4 rings (SSSR count). The first kappa shape index (κ1) is 30.5. The smallest absolute Gasteiger partial charge is 0.407 e. The molecule has 0 amide bonds. The van der Waals surface area contributed by atoms with Crippen LogP contribution < -0.4 is 10.9 Å². The van der Waals surface area contributed by atoms with E-state index in [1.807, 2.05) is 13.8 Å². The summed E-state index contributed by atoms with van der Waals surface area (Å²) in [5.41, 5.74) is 6.16. The maximum absolute atomic E-state index is 9.90. The number of aryl methyl sites for hydroxylation is 1. The van der Waals surface area contributed by atoms with Crippen molar-refractivity contribution < 1.29 is 28.8 Å². The molecule has 3 aliphatic rings. The summed E-state index contributed by atoms with van der Waals surface area (Å²) in [6.45, 7) is 16.7. The Bertz CT molecular complexity index is 973. The van der Waals surface area contributed by atoms with Crippen molar-refractivity contribution in [1.29, 1.82) is 0 Å². The zero-order chi connectivity index (χ0) is 28.2. The molecule has 0 aromatic heterocycles. The number of hydrogen-bond acceptors (Lipinski definition) is 6. The lowest BCUT2D eigenvalue weighted by Crippen LogP contribution is -2.56. The van der Waals surface area contributed by atoms with Crippen molar-refractivity contribution in [2.24, 2.45) is 16.7 Å². The van der Waals surface area contributed by atoms with Gasteiger partial charge in [0.05, 0.1) is 13.2 Å². The highest BCUT2D eigenvalue weighted by molar-refractivity contribution is 6.66. The number of benzene rings is 1. The summed E-state index contributed by atoms with van der Waals surface area (Å²) >= 11 is 0. The third-order valence-corrected chi connectivity index (χ3v) is 8.69. The molecular weight excluding hydrogens is 490 g/mol. The lowest BCUT2D eigenvalue weighted by atomic mass is 9.59. The van der Waals surface area contributed by atoms with Gasteiger partial charge < -0.3 is 28.8 Å². The molecular formula is C31H48B2O6. The second-order valence-corrected chi connectivity index (χ2v) is 13.0. The number of unbranched alkanes of at least 4 members (excludes halogenated alkanes) is 2. The first-order valence-corrected chi connectivity index (χ1v) is 14.8. The van der Waals surface area contributed by atoms with Gasteiger partial charge in [0.1, 0.15) is 0 Å². The lowest BCUT2D eigenvalue weighted by molar-refractivity contribution is -0.0148. The quantitative estimate of drug-likeness (QED) is 0.267. The molecule has 2 fully saturated rings. The second-order valence-electron chi connectivity index (χ2n) is 13.0. The second kappa shape index (κ2) is 13.1. The van der Waals surface area contributed by atoms with Crippen molar-refractivity contribution in [2.45, 2.75) is 79.1 Å². The van der Waals surface area contributed by atoms with E-state index < -0.39 is 25.1 Å². The molecule has 214 valence electrons. The van der Waals surface area contributed by atoms with Crippen LogP contribution in [-0.4, -0.2) is 64.1 Å². The summed E-state index contributed by atoms with van der Waals surface area (Å²) < 4.78 is 25.4. The van der Waals surface area contributed by atoms with Crippen LogP contribution >= 0.6 is 0 Å². The van der Waals surface area contributed by atoms with Crippen molar-refractivity contribution in [3.8, 4) is 0 Å². The number of rotatable bonds is 10. The molecule has 1 aromatic carbocycles. The van der Waals surface area contributed by atoms with Crippen molar-refractivity contribution in [1.82, 2.24) is 0 Å². The number of aliphatic hydroxyl groups excluding tert-OH is 2. The summed E-state index contributed by atoms with van der Waals surface area (Å²) in [4.78, 5) is 0. The fourth-order valence-electron chi connectivity index (χ4n) is 6.00. The minimum Gasteiger partial charge on any atom is -0.407 e. The van der Waals surface area contributed by atoms with E-state index in [0.29, 0.717) is 26.4 Å². The van der Waals surface area contributed by atoms with Crippen molar-refractivity contribution in [3.05, 3.63) is 47.1 Å². The topological polar surface area (TPSA) is 77.4 Å². The number of aliphatic hydroxyl groups is 2. The molecule has 2 N–H and O–H groups in total. The average Bonchev–Trinajstić information content (AvgIpc) is 2.93. The fraction of sp³-hybridized carbons (Fsp3) is 0.677. The highest BCUT2D eigenvalue weighted by Gasteiger charge is 2.44. The van der Waals surface area contributed by atoms with E-state index in [4.69, 9.17) is 18.6 Å². The first-order chi connectivity index (χ1) is 18.6. The van der Waals surface area contributed by atoms with E-state index in [2.05, 4.69) is 45.6 Å². The SMILES string of the molecule is C=C(C)[C@@H]1CCC(C)=C[C@@H]1c1c(B2OCC(C)(CO)CO2)cc(CCCCC)cc1B1OCC(C)(CO)CO1. The van der Waals surface area contributed by atoms with E-state index in [-0.39, 0.29) is 25.0 Å². The van der Waals surface area contributed by atoms with E-state index >= 15 is 0 Å². The Morgan fingerprint density at radius 1 is 0.949 bits per heavy atom. The van der Waals surface area contributed by atoms with Gasteiger partial charge in [-0.3, -0.25) is 0 Å². The molecule has 0 unspecified atom stereocenters. The van der Waals surface area contributed by atoms with E-state index in [1.165, 1.54) is 23.1 Å². The van der Waals surface area contributed by atoms with Gasteiger partial charge in [-0.25, -0.2) is 0 Å². The maximum Gasteiger partial charge on any atom is 0.494 e. The van der Waals surface area contributed by atoms with Gasteiger partial charge in [-0.1, -0.05) is 69.5 Å². The molecule has 2 atom stereocenters. The Kier molecular flexibility index (Phi) is 10.2. The number of allylic oxidation sites excluding steroid dienone is 3. The van der Waals surface area contributed by atoms with Gasteiger partial charge in [0.15, 0.2) is 0 Å². The van der Waals surface area contributed by atoms with Crippen LogP contribution in [0.3, 0.4) is 0 Å². The maximum atomic E-state index is 9.90. The molecule has 0 saturated carbocycles. The highest BCUT2D eigenvalue weighted by atomic mass is 16.6. The summed E-state index contributed by atoms with van der Waals surface area (Å²) in [7, 11) is -1.06. The molecule has 0 spiro atoms. The van der Waals surface area contributed by atoms with Gasteiger partial charge in [0.25, 0.3) is 0 Å². The zero-order valence-corrected chi connectivity index (χ0v) is 24.8. The van der Waals surface area contributed by atoms with Crippen LogP contribution in [0, 0.1) is 16.7 Å². The standard InChI is InChI=1S/C31H48B2O6/c1-7-8-9-10-24-14-27(32-36-18-30(5,16-34)19-37-32)29(26-13-23(4)11-12-25(26)22(2)3)28(15-24)33-38-20-31(6,17-35)21-39-33/h13-15,25-26,34-35H,2,7-12,16-21H2,1,3-6H3/t25-,26-/m0/s1. The molecule has 0 radical (unpaired) electrons. The molecule has 0 bridgehead atoms. The molecule has 1 aromatic rings. The average molecular weight is 538 g/mol. The lowest BCUT2D eigenvalue weighted by Gasteiger charge is -2.39. The van der Waals surface area contributed by atoms with Gasteiger partial charge >= 0.3 is 14.2 Å². The normalized spacial score (nSPS) is 24.9. The van der Waals surface area contributed by atoms with E-state index in [9.17, 15) is 10.2 Å². The number of hydrogen-bond donors (Lipinski definition) is 2. The summed E-state index contributed by atoms with van der Waals surface area (Å²) in [5, 5.41) is 19.8. The Labute approximate surface area is 236 Å². The van der Waals surface area contributed by atoms with Crippen LogP contribution in [0.25, 0.3) is 0 Å². The highest BCUT2D eigenvalue weighted by Crippen LogP contribution is 2.40. The van der Waals surface area contributed by atoms with E-state index in [1.54, 1.807) is 0 Å². The minimum atomic E-state index is -0.530. The Hall–Kier alpha value is -1.41. The van der Waals surface area contributed by atoms with Crippen LogP contribution in [0.4, 0.5) is 0 Å². The molecule has 6 nitrogen and oxygen atoms in total. The summed E-state index contributed by atoms with van der Waals surface area (Å²) in [6, 6.07) is 4.55. The molecule has 2 heterocycles. The molecule has 2 aliphatic heterocycles. The Balaban J connectivity index is 1.84. The van der Waals surface area contributed by atoms with Crippen molar-refractivity contribution in [2.75, 3.05) is 39.6 Å². The van der Waals surface area contributed by atoms with Gasteiger partial charge in [-0.05, 0) is 67.5 Å². The van der Waals surface area contributed by atoms with Gasteiger partial charge in [-0.15, -0.1) is 0 Å². The van der Waals surface area contributed by atoms with Crippen LogP contribution in [0.2, 0.25) is 0 Å². The van der Waals surface area contributed by atoms with Crippen LogP contribution in [0.15, 0.2) is 35.9 Å². The third-order valence-electron chi connectivity index (χ3n) is 8.69. The molecule has 1 aliphatic carbocycles. The van der Waals surface area contributed by atoms with Gasteiger partial charge in [-0.2, -0.15) is 0 Å². The first-order valence-electron chi connectivity index (χ1n) is 14.8. The summed E-state index contributed by atoms with van der Waals surface area (Å²) in [5.74, 6) is 0.386. The predicted molar refractivity (Wildman–Crippen MR) is 159 cm³/mol. The van der Waals surface area contributed by atoms with Crippen molar-refractivity contribution in [3.63, 3.8) is 0 Å². The zero-order valence-electron chi connectivity index (χ0n) is 24.8. The van der Waals surface area contributed by atoms with Gasteiger partial charge in [0.2, 0.25) is 0 Å². The van der Waals surface area contributed by atoms with Crippen LogP contribution in [-0.2, 0) is 25.0 Å². The van der Waals surface area contributed by atoms with Crippen LogP contribution in [0.1, 0.15) is 83.8 Å². The van der Waals surface area contributed by atoms with Crippen molar-refractivity contribution >= 4 is 25.2 Å². The molecule has 2 saturated heterocycles. The Morgan fingerprint density at radius 3 is 1.90 bits per heavy atom. The predicted octanol–water partition coefficient (Wildman–Crippen LogP) is 3.92. The van der Waals surface area contributed by atoms with Gasteiger partial charge in [0, 0.05) is 43.2 Å². The van der Waals surface area contributed by atoms with Crippen LogP contribution in [0.5, 0.6) is 0 Å². The Morgan fingerprint density at radius 2 is 1.46 bits per heavy atom. The third kappa shape index (κ3) is 7.09. The minimum absolute atomic E-state index is 0.0184.